The molecule has 1 N–H and O–H groups in total. The van der Waals surface area contributed by atoms with E-state index in [0.717, 1.165) is 10.5 Å². The number of hydrogen-bond acceptors (Lipinski definition) is 6. The number of anilines is 1. The summed E-state index contributed by atoms with van der Waals surface area (Å²) in [5.41, 5.74) is 2.12. The van der Waals surface area contributed by atoms with E-state index in [0.29, 0.717) is 17.0 Å². The molecule has 2 aromatic carbocycles. The number of carbonyl (C=O) groups excluding carboxylic acids is 4. The summed E-state index contributed by atoms with van der Waals surface area (Å²) in [5, 5.41) is 11.0. The maximum atomic E-state index is 14.0. The van der Waals surface area contributed by atoms with Crippen LogP contribution < -0.4 is 9.64 Å². The summed E-state index contributed by atoms with van der Waals surface area (Å²) < 4.78 is 5.37. The lowest BCUT2D eigenvalue weighted by molar-refractivity contribution is -0.138. The van der Waals surface area contributed by atoms with Crippen molar-refractivity contribution in [3.05, 3.63) is 71.8 Å². The number of halogens is 2. The van der Waals surface area contributed by atoms with Gasteiger partial charge in [0.15, 0.2) is 9.75 Å². The molecule has 4 amide bonds. The molecule has 40 heavy (non-hydrogen) atoms. The van der Waals surface area contributed by atoms with Crippen molar-refractivity contribution in [2.24, 2.45) is 17.8 Å². The van der Waals surface area contributed by atoms with Crippen molar-refractivity contribution < 1.29 is 29.0 Å². The van der Waals surface area contributed by atoms with Gasteiger partial charge < -0.3 is 9.84 Å². The number of nitrogens with zero attached hydrogens (tertiary/aromatic N) is 2. The number of fused-ring (bicyclic) bond motifs is 4. The van der Waals surface area contributed by atoms with Crippen LogP contribution in [-0.4, -0.2) is 57.5 Å². The molecule has 10 heteroatoms. The van der Waals surface area contributed by atoms with Crippen LogP contribution in [0.5, 0.6) is 11.5 Å². The van der Waals surface area contributed by atoms with Crippen LogP contribution in [0.15, 0.2) is 60.7 Å². The maximum absolute atomic E-state index is 14.0. The van der Waals surface area contributed by atoms with Gasteiger partial charge in [0, 0.05) is 18.5 Å². The highest BCUT2D eigenvalue weighted by Crippen LogP contribution is 2.66. The van der Waals surface area contributed by atoms with Crippen LogP contribution in [0.2, 0.25) is 0 Å². The quantitative estimate of drug-likeness (QED) is 0.329. The minimum Gasteiger partial charge on any atom is -0.508 e. The lowest BCUT2D eigenvalue weighted by atomic mass is 9.56. The Balaban J connectivity index is 1.52. The van der Waals surface area contributed by atoms with Crippen LogP contribution in [-0.2, 0) is 19.2 Å². The van der Waals surface area contributed by atoms with E-state index in [9.17, 15) is 24.3 Å². The van der Waals surface area contributed by atoms with Crippen molar-refractivity contribution in [3.63, 3.8) is 0 Å². The number of imide groups is 2. The number of hydrogen-bond donors (Lipinski definition) is 1. The van der Waals surface area contributed by atoms with Crippen molar-refractivity contribution >= 4 is 58.6 Å². The predicted molar refractivity (Wildman–Crippen MR) is 149 cm³/mol. The van der Waals surface area contributed by atoms with E-state index in [4.69, 9.17) is 27.9 Å². The fourth-order valence-corrected chi connectivity index (χ4v) is 8.01. The molecule has 0 spiro atoms. The number of aromatic hydroxyl groups is 1. The van der Waals surface area contributed by atoms with Gasteiger partial charge in [-0.2, -0.15) is 0 Å². The SMILES string of the molecule is C=Cc1ccc(N2C(=O)[C@H]3[C@H](CC=C4[C@H]3C[C@@]3(Cl)C(=O)N(C)C(=O)[C@@]3(Cl)[C@H]4c3cc(OC)ccc3O)C2=O)cc1. The number of likely N-dealkylation sites (tertiary alicyclic amines) is 1. The molecule has 206 valence electrons. The van der Waals surface area contributed by atoms with E-state index in [1.165, 1.54) is 25.1 Å². The number of phenolic OH excluding ortho intramolecular Hbond substituents is 1. The molecule has 8 nitrogen and oxygen atoms in total. The molecule has 1 saturated carbocycles. The molecule has 0 unspecified atom stereocenters. The zero-order chi connectivity index (χ0) is 28.7. The van der Waals surface area contributed by atoms with Crippen molar-refractivity contribution in [2.45, 2.75) is 28.5 Å². The molecule has 3 fully saturated rings. The Morgan fingerprint density at radius 1 is 1.02 bits per heavy atom. The molecule has 2 saturated heterocycles. The number of alkyl halides is 2. The minimum atomic E-state index is -1.98. The fourth-order valence-electron chi connectivity index (χ4n) is 6.99. The third kappa shape index (κ3) is 3.26. The summed E-state index contributed by atoms with van der Waals surface area (Å²) in [6, 6.07) is 11.5. The number of ether oxygens (including phenoxy) is 1. The Hall–Kier alpha value is -3.62. The number of carbonyl (C=O) groups is 4. The van der Waals surface area contributed by atoms with Gasteiger partial charge in [0.05, 0.1) is 24.6 Å². The summed E-state index contributed by atoms with van der Waals surface area (Å²) >= 11 is 14.3. The molecular weight excluding hydrogens is 555 g/mol. The highest BCUT2D eigenvalue weighted by Gasteiger charge is 2.76. The van der Waals surface area contributed by atoms with Gasteiger partial charge in [-0.3, -0.25) is 29.0 Å². The summed E-state index contributed by atoms with van der Waals surface area (Å²) in [6.07, 6.45) is 3.59. The van der Waals surface area contributed by atoms with Crippen LogP contribution >= 0.6 is 23.2 Å². The van der Waals surface area contributed by atoms with Gasteiger partial charge in [0.2, 0.25) is 11.8 Å². The van der Waals surface area contributed by atoms with Crippen LogP contribution in [0.1, 0.15) is 29.9 Å². The smallest absolute Gasteiger partial charge is 0.253 e. The molecule has 6 rings (SSSR count). The molecule has 4 aliphatic rings. The van der Waals surface area contributed by atoms with Gasteiger partial charge in [0.25, 0.3) is 11.8 Å². The average Bonchev–Trinajstić information content (AvgIpc) is 3.28. The second-order valence-corrected chi connectivity index (χ2v) is 12.0. The summed E-state index contributed by atoms with van der Waals surface area (Å²) in [5.74, 6) is -5.13. The topological polar surface area (TPSA) is 104 Å². The van der Waals surface area contributed by atoms with Crippen LogP contribution in [0.4, 0.5) is 5.69 Å². The van der Waals surface area contributed by atoms with Gasteiger partial charge in [-0.1, -0.05) is 36.4 Å². The number of allylic oxidation sites excluding steroid dienone is 2. The number of benzene rings is 2. The molecule has 2 aromatic rings. The number of methoxy groups -OCH3 is 1. The lowest BCUT2D eigenvalue weighted by Gasteiger charge is -2.50. The third-order valence-electron chi connectivity index (χ3n) is 8.95. The molecule has 2 heterocycles. The molecule has 2 aliphatic carbocycles. The molecular formula is C30H26Cl2N2O6. The first-order valence-corrected chi connectivity index (χ1v) is 13.6. The number of rotatable bonds is 4. The Labute approximate surface area is 240 Å². The van der Waals surface area contributed by atoms with Crippen LogP contribution in [0, 0.1) is 17.8 Å². The molecule has 0 bridgehead atoms. The first kappa shape index (κ1) is 26.6. The highest BCUT2D eigenvalue weighted by atomic mass is 35.5. The Morgan fingerprint density at radius 2 is 1.73 bits per heavy atom. The molecule has 6 atom stereocenters. The molecule has 0 radical (unpaired) electrons. The normalized spacial score (nSPS) is 33.0. The van der Waals surface area contributed by atoms with Gasteiger partial charge in [-0.05, 0) is 54.7 Å². The second-order valence-electron chi connectivity index (χ2n) is 10.7. The van der Waals surface area contributed by atoms with Gasteiger partial charge in [-0.25, -0.2) is 0 Å². The van der Waals surface area contributed by atoms with Crippen LogP contribution in [0.25, 0.3) is 6.08 Å². The van der Waals surface area contributed by atoms with E-state index in [1.54, 1.807) is 42.5 Å². The number of phenols is 1. The monoisotopic (exact) mass is 580 g/mol. The highest BCUT2D eigenvalue weighted by molar-refractivity contribution is 6.53. The third-order valence-corrected chi connectivity index (χ3v) is 10.4. The minimum absolute atomic E-state index is 0.122. The fraction of sp³-hybridized carbons (Fsp3) is 0.333. The summed E-state index contributed by atoms with van der Waals surface area (Å²) in [7, 11) is 2.78. The lowest BCUT2D eigenvalue weighted by Crippen LogP contribution is -2.60. The average molecular weight is 581 g/mol. The maximum Gasteiger partial charge on any atom is 0.253 e. The first-order chi connectivity index (χ1) is 19.0. The van der Waals surface area contributed by atoms with Gasteiger partial charge in [0.1, 0.15) is 11.5 Å². The second kappa shape index (κ2) is 8.94. The van der Waals surface area contributed by atoms with E-state index in [-0.39, 0.29) is 30.1 Å². The zero-order valence-electron chi connectivity index (χ0n) is 21.8. The Bertz CT molecular complexity index is 1540. The predicted octanol–water partition coefficient (Wildman–Crippen LogP) is 4.24. The Morgan fingerprint density at radius 3 is 2.38 bits per heavy atom. The van der Waals surface area contributed by atoms with Crippen molar-refractivity contribution in [2.75, 3.05) is 19.1 Å². The van der Waals surface area contributed by atoms with Crippen molar-refractivity contribution in [3.8, 4) is 11.5 Å². The number of amides is 4. The summed E-state index contributed by atoms with van der Waals surface area (Å²) in [4.78, 5) is 53.0. The van der Waals surface area contributed by atoms with Crippen LogP contribution in [0.3, 0.4) is 0 Å². The van der Waals surface area contributed by atoms with Gasteiger partial charge >= 0.3 is 0 Å². The van der Waals surface area contributed by atoms with Crippen molar-refractivity contribution in [1.82, 2.24) is 4.90 Å². The van der Waals surface area contributed by atoms with E-state index >= 15 is 0 Å². The van der Waals surface area contributed by atoms with Gasteiger partial charge in [-0.15, -0.1) is 23.2 Å². The van der Waals surface area contributed by atoms with E-state index in [2.05, 4.69) is 6.58 Å². The zero-order valence-corrected chi connectivity index (χ0v) is 23.3. The van der Waals surface area contributed by atoms with E-state index < -0.39 is 51.1 Å². The largest absolute Gasteiger partial charge is 0.508 e. The summed E-state index contributed by atoms with van der Waals surface area (Å²) in [6.45, 7) is 3.74. The Kier molecular flexibility index (Phi) is 5.95. The molecule has 0 aromatic heterocycles. The van der Waals surface area contributed by atoms with E-state index in [1.807, 2.05) is 6.08 Å². The van der Waals surface area contributed by atoms with Crippen molar-refractivity contribution in [1.29, 1.82) is 0 Å². The standard InChI is InChI=1S/C30H26Cl2N2O6/c1-4-15-5-7-16(8-6-15)34-25(36)19-11-10-18-21(23(19)26(34)37)14-29(31)27(38)33(2)28(39)30(29,32)24(18)20-13-17(40-3)9-12-22(20)35/h4-10,12-13,19,21,23-24,35H,1,11,14H2,2-3H3/t19-,21+,23-,24+,29+,30-/m0/s1. The first-order valence-electron chi connectivity index (χ1n) is 12.9. The molecule has 2 aliphatic heterocycles.